The van der Waals surface area contributed by atoms with E-state index in [-0.39, 0.29) is 0 Å². The zero-order chi connectivity index (χ0) is 10.2. The van der Waals surface area contributed by atoms with Gasteiger partial charge < -0.3 is 5.11 Å². The number of benzene rings is 1. The van der Waals surface area contributed by atoms with E-state index in [4.69, 9.17) is 4.55 Å². The Morgan fingerprint density at radius 1 is 1.23 bits per heavy atom. The standard InChI is InChI=1S/C8H10O4S/c1-5-3-6(2)8(7(9)4-5)13(10,11)12/h3-4,9H,1-2H3,(H,10,11,12). The van der Waals surface area contributed by atoms with Gasteiger partial charge in [-0.3, -0.25) is 4.55 Å². The molecule has 0 amide bonds. The third-order valence-corrected chi connectivity index (χ3v) is 2.70. The van der Waals surface area contributed by atoms with Crippen LogP contribution in [0.5, 0.6) is 5.75 Å². The lowest BCUT2D eigenvalue weighted by molar-refractivity contribution is 0.441. The number of hydrogen-bond acceptors (Lipinski definition) is 3. The third kappa shape index (κ3) is 1.99. The van der Waals surface area contributed by atoms with Gasteiger partial charge in [0.1, 0.15) is 10.6 Å². The summed E-state index contributed by atoms with van der Waals surface area (Å²) in [5.74, 6) is -0.417. The van der Waals surface area contributed by atoms with Gasteiger partial charge in [0.2, 0.25) is 0 Å². The fourth-order valence-corrected chi connectivity index (χ4v) is 2.06. The van der Waals surface area contributed by atoms with Gasteiger partial charge in [-0.25, -0.2) is 0 Å². The highest BCUT2D eigenvalue weighted by Gasteiger charge is 2.18. The van der Waals surface area contributed by atoms with E-state index in [1.54, 1.807) is 13.0 Å². The van der Waals surface area contributed by atoms with Crippen molar-refractivity contribution < 1.29 is 18.1 Å². The number of aryl methyl sites for hydroxylation is 2. The molecule has 0 bridgehead atoms. The van der Waals surface area contributed by atoms with Gasteiger partial charge in [0.15, 0.2) is 0 Å². The summed E-state index contributed by atoms with van der Waals surface area (Å²) in [5, 5.41) is 9.27. The predicted octanol–water partition coefficient (Wildman–Crippen LogP) is 1.26. The van der Waals surface area contributed by atoms with Crippen LogP contribution in [0.1, 0.15) is 11.1 Å². The van der Waals surface area contributed by atoms with E-state index in [1.165, 1.54) is 13.0 Å². The van der Waals surface area contributed by atoms with Crippen LogP contribution < -0.4 is 0 Å². The van der Waals surface area contributed by atoms with Gasteiger partial charge in [0.25, 0.3) is 10.1 Å². The van der Waals surface area contributed by atoms with E-state index in [1.807, 2.05) is 0 Å². The number of rotatable bonds is 1. The topological polar surface area (TPSA) is 74.6 Å². The van der Waals surface area contributed by atoms with Gasteiger partial charge in [-0.2, -0.15) is 8.42 Å². The van der Waals surface area contributed by atoms with E-state index in [9.17, 15) is 13.5 Å². The second-order valence-electron chi connectivity index (χ2n) is 2.91. The monoisotopic (exact) mass is 202 g/mol. The Bertz CT molecular complexity index is 410. The highest BCUT2D eigenvalue weighted by molar-refractivity contribution is 7.86. The summed E-state index contributed by atoms with van der Waals surface area (Å²) in [6.45, 7) is 3.23. The maximum absolute atomic E-state index is 10.8. The van der Waals surface area contributed by atoms with Gasteiger partial charge in [-0.05, 0) is 31.0 Å². The first-order valence-electron chi connectivity index (χ1n) is 3.60. The average Bonchev–Trinajstić information content (AvgIpc) is 1.78. The summed E-state index contributed by atoms with van der Waals surface area (Å²) >= 11 is 0. The first-order chi connectivity index (χ1) is 5.82. The second kappa shape index (κ2) is 3.01. The summed E-state index contributed by atoms with van der Waals surface area (Å²) < 4.78 is 30.3. The smallest absolute Gasteiger partial charge is 0.298 e. The lowest BCUT2D eigenvalue weighted by Crippen LogP contribution is -2.01. The Kier molecular flexibility index (Phi) is 2.32. The molecule has 0 radical (unpaired) electrons. The number of phenols is 1. The van der Waals surface area contributed by atoms with E-state index in [0.29, 0.717) is 5.56 Å². The van der Waals surface area contributed by atoms with E-state index in [0.717, 1.165) is 5.56 Å². The fourth-order valence-electron chi connectivity index (χ4n) is 1.27. The normalized spacial score (nSPS) is 11.6. The quantitative estimate of drug-likeness (QED) is 0.672. The van der Waals surface area contributed by atoms with Crippen molar-refractivity contribution in [3.63, 3.8) is 0 Å². The maximum atomic E-state index is 10.8. The summed E-state index contributed by atoms with van der Waals surface area (Å²) in [4.78, 5) is -0.418. The van der Waals surface area contributed by atoms with Gasteiger partial charge >= 0.3 is 0 Å². The van der Waals surface area contributed by atoms with Crippen LogP contribution in [0, 0.1) is 13.8 Å². The van der Waals surface area contributed by atoms with Crippen LogP contribution >= 0.6 is 0 Å². The molecular weight excluding hydrogens is 192 g/mol. The van der Waals surface area contributed by atoms with Crippen LogP contribution in [0.15, 0.2) is 17.0 Å². The Morgan fingerprint density at radius 3 is 2.15 bits per heavy atom. The Hall–Kier alpha value is -1.07. The molecule has 0 saturated carbocycles. The molecule has 0 heterocycles. The zero-order valence-corrected chi connectivity index (χ0v) is 8.09. The molecule has 0 aliphatic heterocycles. The van der Waals surface area contributed by atoms with Gasteiger partial charge in [0.05, 0.1) is 0 Å². The fraction of sp³-hybridized carbons (Fsp3) is 0.250. The number of hydrogen-bond donors (Lipinski definition) is 2. The Morgan fingerprint density at radius 2 is 1.77 bits per heavy atom. The summed E-state index contributed by atoms with van der Waals surface area (Å²) in [5.41, 5.74) is 1.07. The molecule has 0 saturated heterocycles. The van der Waals surface area contributed by atoms with Crippen molar-refractivity contribution in [2.45, 2.75) is 18.7 Å². The predicted molar refractivity (Wildman–Crippen MR) is 47.4 cm³/mol. The SMILES string of the molecule is Cc1cc(C)c(S(=O)(=O)O)c(O)c1. The molecule has 0 aromatic heterocycles. The summed E-state index contributed by atoms with van der Waals surface area (Å²) in [7, 11) is -4.33. The van der Waals surface area contributed by atoms with Crippen LogP contribution in [0.3, 0.4) is 0 Å². The van der Waals surface area contributed by atoms with Crippen LogP contribution in [-0.4, -0.2) is 18.1 Å². The van der Waals surface area contributed by atoms with Crippen molar-refractivity contribution in [2.24, 2.45) is 0 Å². The zero-order valence-electron chi connectivity index (χ0n) is 7.27. The first-order valence-corrected chi connectivity index (χ1v) is 5.04. The molecule has 0 aliphatic carbocycles. The molecule has 4 nitrogen and oxygen atoms in total. The van der Waals surface area contributed by atoms with Crippen LogP contribution in [-0.2, 0) is 10.1 Å². The van der Waals surface area contributed by atoms with Gasteiger partial charge in [-0.1, -0.05) is 6.07 Å². The summed E-state index contributed by atoms with van der Waals surface area (Å²) in [6, 6.07) is 2.86. The highest BCUT2D eigenvalue weighted by Crippen LogP contribution is 2.27. The minimum Gasteiger partial charge on any atom is -0.506 e. The molecule has 0 fully saturated rings. The highest BCUT2D eigenvalue weighted by atomic mass is 32.2. The van der Waals surface area contributed by atoms with Crippen molar-refractivity contribution >= 4 is 10.1 Å². The van der Waals surface area contributed by atoms with Crippen molar-refractivity contribution in [3.8, 4) is 5.75 Å². The molecule has 0 aliphatic rings. The van der Waals surface area contributed by atoms with Gasteiger partial charge in [-0.15, -0.1) is 0 Å². The molecule has 1 rings (SSSR count). The molecule has 0 atom stereocenters. The molecule has 2 N–H and O–H groups in total. The Labute approximate surface area is 76.6 Å². The van der Waals surface area contributed by atoms with Crippen molar-refractivity contribution in [1.82, 2.24) is 0 Å². The summed E-state index contributed by atoms with van der Waals surface area (Å²) in [6.07, 6.45) is 0. The van der Waals surface area contributed by atoms with E-state index in [2.05, 4.69) is 0 Å². The molecule has 5 heteroatoms. The van der Waals surface area contributed by atoms with Crippen LogP contribution in [0.2, 0.25) is 0 Å². The molecule has 1 aromatic carbocycles. The largest absolute Gasteiger partial charge is 0.506 e. The molecule has 13 heavy (non-hydrogen) atoms. The minimum absolute atomic E-state index is 0.333. The molecule has 72 valence electrons. The molecule has 1 aromatic rings. The maximum Gasteiger partial charge on any atom is 0.298 e. The third-order valence-electron chi connectivity index (χ3n) is 1.66. The average molecular weight is 202 g/mol. The molecule has 0 unspecified atom stereocenters. The molecule has 0 spiro atoms. The van der Waals surface area contributed by atoms with Crippen molar-refractivity contribution in [2.75, 3.05) is 0 Å². The second-order valence-corrected chi connectivity index (χ2v) is 4.26. The number of phenolic OH excluding ortho intramolecular Hbond substituents is 1. The molecular formula is C8H10O4S. The lowest BCUT2D eigenvalue weighted by atomic mass is 10.1. The first kappa shape index (κ1) is 10.0. The van der Waals surface area contributed by atoms with Crippen LogP contribution in [0.4, 0.5) is 0 Å². The van der Waals surface area contributed by atoms with Crippen molar-refractivity contribution in [3.05, 3.63) is 23.3 Å². The minimum atomic E-state index is -4.33. The Balaban J connectivity index is 3.57. The number of aromatic hydroxyl groups is 1. The van der Waals surface area contributed by atoms with Gasteiger partial charge in [0, 0.05) is 0 Å². The van der Waals surface area contributed by atoms with E-state index < -0.39 is 20.8 Å². The van der Waals surface area contributed by atoms with E-state index >= 15 is 0 Å². The van der Waals surface area contributed by atoms with Crippen LogP contribution in [0.25, 0.3) is 0 Å². The lowest BCUT2D eigenvalue weighted by Gasteiger charge is -2.05. The van der Waals surface area contributed by atoms with Crippen molar-refractivity contribution in [1.29, 1.82) is 0 Å².